The number of ether oxygens (including phenoxy) is 2. The van der Waals surface area contributed by atoms with Gasteiger partial charge in [-0.1, -0.05) is 0 Å². The fourth-order valence-corrected chi connectivity index (χ4v) is 2.50. The molecule has 1 aliphatic rings. The maximum Gasteiger partial charge on any atom is 0.255 e. The fraction of sp³-hybridized carbons (Fsp3) is 0.333. The van der Waals surface area contributed by atoms with E-state index in [9.17, 15) is 4.79 Å². The SMILES string of the molecule is CCOc1ccc(C(=O)Nc2ccc(C3CNCCO3)nc2)cc1. The van der Waals surface area contributed by atoms with Gasteiger partial charge >= 0.3 is 0 Å². The first-order valence-corrected chi connectivity index (χ1v) is 8.08. The highest BCUT2D eigenvalue weighted by molar-refractivity contribution is 6.04. The molecule has 0 spiro atoms. The highest BCUT2D eigenvalue weighted by atomic mass is 16.5. The summed E-state index contributed by atoms with van der Waals surface area (Å²) in [6.07, 6.45) is 1.62. The number of morpholine rings is 1. The van der Waals surface area contributed by atoms with Crippen LogP contribution in [0.1, 0.15) is 29.1 Å². The minimum Gasteiger partial charge on any atom is -0.494 e. The van der Waals surface area contributed by atoms with Crippen LogP contribution >= 0.6 is 0 Å². The average molecular weight is 327 g/mol. The van der Waals surface area contributed by atoms with Crippen molar-refractivity contribution in [1.82, 2.24) is 10.3 Å². The molecular formula is C18H21N3O3. The van der Waals surface area contributed by atoms with Crippen molar-refractivity contribution < 1.29 is 14.3 Å². The van der Waals surface area contributed by atoms with Gasteiger partial charge in [0.2, 0.25) is 0 Å². The molecule has 1 aliphatic heterocycles. The number of hydrogen-bond donors (Lipinski definition) is 2. The van der Waals surface area contributed by atoms with Gasteiger partial charge in [-0.2, -0.15) is 0 Å². The van der Waals surface area contributed by atoms with E-state index in [0.717, 1.165) is 24.5 Å². The van der Waals surface area contributed by atoms with Crippen LogP contribution in [0.4, 0.5) is 5.69 Å². The zero-order valence-corrected chi connectivity index (χ0v) is 13.6. The van der Waals surface area contributed by atoms with Gasteiger partial charge in [-0.15, -0.1) is 0 Å². The number of pyridine rings is 1. The van der Waals surface area contributed by atoms with Gasteiger partial charge in [0.25, 0.3) is 5.91 Å². The first-order chi connectivity index (χ1) is 11.8. The van der Waals surface area contributed by atoms with Crippen molar-refractivity contribution in [1.29, 1.82) is 0 Å². The Labute approximate surface area is 141 Å². The van der Waals surface area contributed by atoms with Crippen LogP contribution in [0.2, 0.25) is 0 Å². The molecule has 6 heteroatoms. The average Bonchev–Trinajstić information content (AvgIpc) is 2.64. The quantitative estimate of drug-likeness (QED) is 0.882. The van der Waals surface area contributed by atoms with E-state index in [1.807, 2.05) is 19.1 Å². The number of hydrogen-bond acceptors (Lipinski definition) is 5. The van der Waals surface area contributed by atoms with Crippen LogP contribution in [0.5, 0.6) is 5.75 Å². The maximum atomic E-state index is 12.3. The van der Waals surface area contributed by atoms with Crippen molar-refractivity contribution in [2.45, 2.75) is 13.0 Å². The van der Waals surface area contributed by atoms with Crippen LogP contribution in [0.25, 0.3) is 0 Å². The van der Waals surface area contributed by atoms with Gasteiger partial charge in [0, 0.05) is 18.7 Å². The van der Waals surface area contributed by atoms with E-state index in [1.54, 1.807) is 30.5 Å². The lowest BCUT2D eigenvalue weighted by Gasteiger charge is -2.23. The van der Waals surface area contributed by atoms with Crippen molar-refractivity contribution in [3.8, 4) is 5.75 Å². The fourth-order valence-electron chi connectivity index (χ4n) is 2.50. The Bertz CT molecular complexity index is 665. The van der Waals surface area contributed by atoms with E-state index in [4.69, 9.17) is 9.47 Å². The highest BCUT2D eigenvalue weighted by Gasteiger charge is 2.16. The molecule has 2 N–H and O–H groups in total. The van der Waals surface area contributed by atoms with E-state index < -0.39 is 0 Å². The Morgan fingerprint density at radius 2 is 2.17 bits per heavy atom. The third-order valence-corrected chi connectivity index (χ3v) is 3.73. The predicted octanol–water partition coefficient (Wildman–Crippen LogP) is 2.39. The van der Waals surface area contributed by atoms with E-state index in [-0.39, 0.29) is 12.0 Å². The molecule has 0 aliphatic carbocycles. The summed E-state index contributed by atoms with van der Waals surface area (Å²) < 4.78 is 11.0. The van der Waals surface area contributed by atoms with Crippen LogP contribution in [0.3, 0.4) is 0 Å². The summed E-state index contributed by atoms with van der Waals surface area (Å²) in [4.78, 5) is 16.6. The van der Waals surface area contributed by atoms with Crippen molar-refractivity contribution in [3.05, 3.63) is 53.9 Å². The van der Waals surface area contributed by atoms with Crippen molar-refractivity contribution >= 4 is 11.6 Å². The monoisotopic (exact) mass is 327 g/mol. The van der Waals surface area contributed by atoms with Crippen molar-refractivity contribution in [2.75, 3.05) is 31.6 Å². The number of nitrogens with zero attached hydrogens (tertiary/aromatic N) is 1. The second-order valence-corrected chi connectivity index (χ2v) is 5.45. The molecule has 1 aromatic carbocycles. The molecule has 1 atom stereocenters. The molecule has 1 saturated heterocycles. The molecule has 1 unspecified atom stereocenters. The van der Waals surface area contributed by atoms with Gasteiger partial charge in [-0.25, -0.2) is 0 Å². The first kappa shape index (κ1) is 16.4. The Hall–Kier alpha value is -2.44. The summed E-state index contributed by atoms with van der Waals surface area (Å²) in [5.74, 6) is 0.573. The Kier molecular flexibility index (Phi) is 5.40. The van der Waals surface area contributed by atoms with Gasteiger partial charge in [0.05, 0.1) is 30.8 Å². The number of benzene rings is 1. The smallest absolute Gasteiger partial charge is 0.255 e. The minimum atomic E-state index is -0.178. The lowest BCUT2D eigenvalue weighted by atomic mass is 10.2. The summed E-state index contributed by atoms with van der Waals surface area (Å²) in [6.45, 7) is 4.83. The van der Waals surface area contributed by atoms with Crippen LogP contribution in [0, 0.1) is 0 Å². The van der Waals surface area contributed by atoms with Gasteiger partial charge in [0.1, 0.15) is 11.9 Å². The summed E-state index contributed by atoms with van der Waals surface area (Å²) in [5.41, 5.74) is 2.09. The van der Waals surface area contributed by atoms with E-state index in [0.29, 0.717) is 24.5 Å². The van der Waals surface area contributed by atoms with Gasteiger partial charge < -0.3 is 20.1 Å². The largest absolute Gasteiger partial charge is 0.494 e. The summed E-state index contributed by atoms with van der Waals surface area (Å²) in [7, 11) is 0. The lowest BCUT2D eigenvalue weighted by molar-refractivity contribution is 0.0250. The lowest BCUT2D eigenvalue weighted by Crippen LogP contribution is -2.33. The normalized spacial score (nSPS) is 17.3. The van der Waals surface area contributed by atoms with Crippen LogP contribution in [0.15, 0.2) is 42.6 Å². The topological polar surface area (TPSA) is 72.5 Å². The Balaban J connectivity index is 1.61. The molecule has 1 fully saturated rings. The summed E-state index contributed by atoms with van der Waals surface area (Å²) >= 11 is 0. The molecule has 3 rings (SSSR count). The second-order valence-electron chi connectivity index (χ2n) is 5.45. The number of carbonyl (C=O) groups is 1. The second kappa shape index (κ2) is 7.90. The molecule has 1 aromatic heterocycles. The van der Waals surface area contributed by atoms with Crippen LogP contribution < -0.4 is 15.4 Å². The third kappa shape index (κ3) is 4.10. The van der Waals surface area contributed by atoms with Crippen molar-refractivity contribution in [3.63, 3.8) is 0 Å². The summed E-state index contributed by atoms with van der Waals surface area (Å²) in [5, 5.41) is 6.11. The molecule has 1 amide bonds. The molecule has 0 bridgehead atoms. The third-order valence-electron chi connectivity index (χ3n) is 3.73. The maximum absolute atomic E-state index is 12.3. The number of rotatable bonds is 5. The first-order valence-electron chi connectivity index (χ1n) is 8.08. The molecule has 2 heterocycles. The van der Waals surface area contributed by atoms with Crippen molar-refractivity contribution in [2.24, 2.45) is 0 Å². The predicted molar refractivity (Wildman–Crippen MR) is 91.4 cm³/mol. The van der Waals surface area contributed by atoms with Gasteiger partial charge in [-0.05, 0) is 43.3 Å². The molecular weight excluding hydrogens is 306 g/mol. The van der Waals surface area contributed by atoms with E-state index >= 15 is 0 Å². The Morgan fingerprint density at radius 3 is 2.79 bits per heavy atom. The molecule has 0 saturated carbocycles. The number of amides is 1. The number of aromatic nitrogens is 1. The van der Waals surface area contributed by atoms with E-state index in [2.05, 4.69) is 15.6 Å². The minimum absolute atomic E-state index is 0.0328. The highest BCUT2D eigenvalue weighted by Crippen LogP contribution is 2.19. The molecule has 126 valence electrons. The zero-order valence-electron chi connectivity index (χ0n) is 13.6. The zero-order chi connectivity index (χ0) is 16.8. The molecule has 0 radical (unpaired) electrons. The standard InChI is InChI=1S/C18H21N3O3/c1-2-23-15-6-3-13(4-7-15)18(22)21-14-5-8-16(20-11-14)17-12-19-9-10-24-17/h3-8,11,17,19H,2,9-10,12H2,1H3,(H,21,22). The van der Waals surface area contributed by atoms with Gasteiger partial charge in [0.15, 0.2) is 0 Å². The number of nitrogens with one attached hydrogen (secondary N) is 2. The molecule has 24 heavy (non-hydrogen) atoms. The van der Waals surface area contributed by atoms with Gasteiger partial charge in [-0.3, -0.25) is 9.78 Å². The molecule has 2 aromatic rings. The Morgan fingerprint density at radius 1 is 1.33 bits per heavy atom. The summed E-state index contributed by atoms with van der Waals surface area (Å²) in [6, 6.07) is 10.8. The van der Waals surface area contributed by atoms with Crippen LogP contribution in [-0.2, 0) is 4.74 Å². The number of anilines is 1. The van der Waals surface area contributed by atoms with Crippen LogP contribution in [-0.4, -0.2) is 37.2 Å². The van der Waals surface area contributed by atoms with E-state index in [1.165, 1.54) is 0 Å². The molecule has 6 nitrogen and oxygen atoms in total. The number of carbonyl (C=O) groups excluding carboxylic acids is 1.